The number of aryl methyl sites for hydroxylation is 2. The summed E-state index contributed by atoms with van der Waals surface area (Å²) in [6, 6.07) is 16.4. The van der Waals surface area contributed by atoms with Crippen LogP contribution in [0.3, 0.4) is 0 Å². The number of hydrogen-bond donors (Lipinski definition) is 0. The molecule has 0 spiro atoms. The molecule has 0 aromatic heterocycles. The van der Waals surface area contributed by atoms with Crippen molar-refractivity contribution in [2.75, 3.05) is 0 Å². The molecule has 0 radical (unpaired) electrons. The van der Waals surface area contributed by atoms with Crippen molar-refractivity contribution < 1.29 is 8.42 Å². The molecule has 0 amide bonds. The normalized spacial score (nSPS) is 23.8. The highest BCUT2D eigenvalue weighted by Crippen LogP contribution is 2.45. The molecule has 0 fully saturated rings. The highest BCUT2D eigenvalue weighted by molar-refractivity contribution is 8.20. The van der Waals surface area contributed by atoms with Gasteiger partial charge in [-0.1, -0.05) is 36.4 Å². The molecule has 2 heterocycles. The molecule has 120 valence electrons. The molecule has 0 bridgehead atoms. The van der Waals surface area contributed by atoms with Gasteiger partial charge in [0.2, 0.25) is 0 Å². The molecule has 2 nitrogen and oxygen atoms in total. The van der Waals surface area contributed by atoms with E-state index in [9.17, 15) is 8.42 Å². The predicted molar refractivity (Wildman–Crippen MR) is 97.7 cm³/mol. The summed E-state index contributed by atoms with van der Waals surface area (Å²) in [6.07, 6.45) is 3.17. The topological polar surface area (TPSA) is 34.1 Å². The Hall–Kier alpha value is -0.910. The first kappa shape index (κ1) is 15.6. The largest absolute Gasteiger partial charge is 0.227 e. The van der Waals surface area contributed by atoms with Crippen molar-refractivity contribution in [3.63, 3.8) is 0 Å². The van der Waals surface area contributed by atoms with Gasteiger partial charge in [0.05, 0.1) is 0 Å². The number of rotatable bonds is 2. The molecule has 23 heavy (non-hydrogen) atoms. The lowest BCUT2D eigenvalue weighted by Gasteiger charge is -2.30. The molecule has 2 aromatic rings. The lowest BCUT2D eigenvalue weighted by atomic mass is 10.1. The van der Waals surface area contributed by atoms with Gasteiger partial charge in [0, 0.05) is 9.79 Å². The van der Waals surface area contributed by atoms with Crippen LogP contribution in [0, 0.1) is 0 Å². The van der Waals surface area contributed by atoms with Crippen molar-refractivity contribution in [2.24, 2.45) is 0 Å². The molecule has 0 N–H and O–H groups in total. The van der Waals surface area contributed by atoms with Crippen LogP contribution in [-0.2, 0) is 22.7 Å². The highest BCUT2D eigenvalue weighted by atomic mass is 32.3. The highest BCUT2D eigenvalue weighted by Gasteiger charge is 2.38. The third-order valence-corrected chi connectivity index (χ3v) is 10.9. The zero-order valence-corrected chi connectivity index (χ0v) is 15.1. The van der Waals surface area contributed by atoms with Gasteiger partial charge in [0.15, 0.2) is 9.84 Å². The Morgan fingerprint density at radius 1 is 0.739 bits per heavy atom. The Balaban J connectivity index is 1.58. The lowest BCUT2D eigenvalue weighted by Crippen LogP contribution is -2.31. The number of thioether (sulfide) groups is 2. The van der Waals surface area contributed by atoms with Gasteiger partial charge in [0.1, 0.15) is 9.16 Å². The number of fused-ring (bicyclic) bond motifs is 2. The fourth-order valence-electron chi connectivity index (χ4n) is 3.23. The van der Waals surface area contributed by atoms with Crippen LogP contribution in [0.1, 0.15) is 24.0 Å². The van der Waals surface area contributed by atoms with Gasteiger partial charge in [0.25, 0.3) is 0 Å². The van der Waals surface area contributed by atoms with Gasteiger partial charge in [-0.3, -0.25) is 0 Å². The van der Waals surface area contributed by atoms with Crippen LogP contribution in [0.25, 0.3) is 0 Å². The second-order valence-corrected chi connectivity index (χ2v) is 11.4. The summed E-state index contributed by atoms with van der Waals surface area (Å²) in [4.78, 5) is 2.27. The molecule has 0 saturated carbocycles. The molecule has 2 aromatic carbocycles. The van der Waals surface area contributed by atoms with E-state index in [1.807, 2.05) is 36.4 Å². The Labute approximate surface area is 146 Å². The third-order valence-electron chi connectivity index (χ3n) is 4.49. The maximum absolute atomic E-state index is 13.1. The second-order valence-electron chi connectivity index (χ2n) is 5.98. The molecule has 5 heteroatoms. The van der Waals surface area contributed by atoms with Crippen molar-refractivity contribution in [3.8, 4) is 0 Å². The van der Waals surface area contributed by atoms with E-state index in [1.165, 1.54) is 34.7 Å². The summed E-state index contributed by atoms with van der Waals surface area (Å²) in [6.45, 7) is 0. The molecular weight excluding hydrogens is 344 g/mol. The standard InChI is InChI=1S/C18H18O2S3/c19-23(20,17-11-9-13-5-1-3-7-15(13)21-17)18-12-10-14-6-2-4-8-16(14)22-18/h1-8,17-18H,9-12H2. The van der Waals surface area contributed by atoms with Gasteiger partial charge in [-0.05, 0) is 48.9 Å². The summed E-state index contributed by atoms with van der Waals surface area (Å²) < 4.78 is 25.6. The Bertz CT molecular complexity index is 766. The van der Waals surface area contributed by atoms with Crippen molar-refractivity contribution in [1.29, 1.82) is 0 Å². The van der Waals surface area contributed by atoms with Gasteiger partial charge < -0.3 is 0 Å². The maximum atomic E-state index is 13.1. The van der Waals surface area contributed by atoms with Crippen molar-refractivity contribution >= 4 is 33.4 Å². The minimum absolute atomic E-state index is 0.305. The van der Waals surface area contributed by atoms with Gasteiger partial charge >= 0.3 is 0 Å². The molecule has 0 saturated heterocycles. The van der Waals surface area contributed by atoms with E-state index in [1.54, 1.807) is 0 Å². The molecule has 2 unspecified atom stereocenters. The lowest BCUT2D eigenvalue weighted by molar-refractivity contribution is 0.581. The number of sulfone groups is 1. The van der Waals surface area contributed by atoms with E-state index in [2.05, 4.69) is 12.1 Å². The van der Waals surface area contributed by atoms with Crippen LogP contribution >= 0.6 is 23.5 Å². The summed E-state index contributed by atoms with van der Waals surface area (Å²) in [7, 11) is -3.14. The zero-order valence-electron chi connectivity index (χ0n) is 12.6. The maximum Gasteiger partial charge on any atom is 0.175 e. The molecule has 2 atom stereocenters. The van der Waals surface area contributed by atoms with E-state index < -0.39 is 9.84 Å². The summed E-state index contributed by atoms with van der Waals surface area (Å²) in [5, 5.41) is 0. The molecule has 2 aliphatic heterocycles. The Morgan fingerprint density at radius 3 is 1.65 bits per heavy atom. The first-order valence-electron chi connectivity index (χ1n) is 7.86. The Morgan fingerprint density at radius 2 is 1.17 bits per heavy atom. The van der Waals surface area contributed by atoms with Crippen molar-refractivity contribution in [2.45, 2.75) is 44.6 Å². The van der Waals surface area contributed by atoms with Crippen LogP contribution in [0.4, 0.5) is 0 Å². The van der Waals surface area contributed by atoms with Gasteiger partial charge in [-0.15, -0.1) is 23.5 Å². The SMILES string of the molecule is O=S(=O)(C1CCc2ccccc2S1)C1CCc2ccccc2S1. The molecular formula is C18H18O2S3. The van der Waals surface area contributed by atoms with Crippen LogP contribution < -0.4 is 0 Å². The third kappa shape index (κ3) is 2.94. The monoisotopic (exact) mass is 362 g/mol. The Kier molecular flexibility index (Phi) is 4.20. The van der Waals surface area contributed by atoms with Gasteiger partial charge in [-0.2, -0.15) is 0 Å². The molecule has 4 rings (SSSR count). The van der Waals surface area contributed by atoms with Crippen LogP contribution in [0.15, 0.2) is 58.3 Å². The predicted octanol–water partition coefficient (Wildman–Crippen LogP) is 4.53. The minimum Gasteiger partial charge on any atom is -0.227 e. The van der Waals surface area contributed by atoms with E-state index in [-0.39, 0.29) is 9.16 Å². The van der Waals surface area contributed by atoms with Crippen molar-refractivity contribution in [1.82, 2.24) is 0 Å². The minimum atomic E-state index is -3.14. The second kappa shape index (κ2) is 6.19. The number of hydrogen-bond acceptors (Lipinski definition) is 4. The molecule has 2 aliphatic rings. The zero-order chi connectivity index (χ0) is 15.9. The van der Waals surface area contributed by atoms with Crippen LogP contribution in [0.2, 0.25) is 0 Å². The van der Waals surface area contributed by atoms with Crippen LogP contribution in [0.5, 0.6) is 0 Å². The first-order valence-corrected chi connectivity index (χ1v) is 11.2. The quantitative estimate of drug-likeness (QED) is 0.786. The summed E-state index contributed by atoms with van der Waals surface area (Å²) in [5.41, 5.74) is 2.57. The summed E-state index contributed by atoms with van der Waals surface area (Å²) in [5.74, 6) is 0. The van der Waals surface area contributed by atoms with E-state index in [4.69, 9.17) is 0 Å². The molecule has 0 aliphatic carbocycles. The number of benzene rings is 2. The average molecular weight is 363 g/mol. The smallest absolute Gasteiger partial charge is 0.175 e. The fourth-order valence-corrected chi connectivity index (χ4v) is 9.17. The van der Waals surface area contributed by atoms with E-state index in [0.29, 0.717) is 0 Å². The van der Waals surface area contributed by atoms with Crippen LogP contribution in [-0.4, -0.2) is 17.6 Å². The van der Waals surface area contributed by atoms with Crippen molar-refractivity contribution in [3.05, 3.63) is 59.7 Å². The van der Waals surface area contributed by atoms with Gasteiger partial charge in [-0.25, -0.2) is 8.42 Å². The van der Waals surface area contributed by atoms with E-state index in [0.717, 1.165) is 35.5 Å². The average Bonchev–Trinajstić information content (AvgIpc) is 2.61. The first-order chi connectivity index (χ1) is 11.1. The summed E-state index contributed by atoms with van der Waals surface area (Å²) >= 11 is 3.08. The van der Waals surface area contributed by atoms with E-state index >= 15 is 0 Å². The fraction of sp³-hybridized carbons (Fsp3) is 0.333.